The standard InChI is InChI=1S/C12H15F2NS/c13-11-5-1-3-9(12(11)14)7-15-10-4-2-6-16-8-10/h1,3,5,10,15H,2,4,6-8H2. The molecule has 4 heteroatoms. The molecule has 0 bridgehead atoms. The highest BCUT2D eigenvalue weighted by Crippen LogP contribution is 2.18. The summed E-state index contributed by atoms with van der Waals surface area (Å²) >= 11 is 1.92. The summed E-state index contributed by atoms with van der Waals surface area (Å²) in [7, 11) is 0. The van der Waals surface area contributed by atoms with Crippen LogP contribution in [0.4, 0.5) is 8.78 Å². The van der Waals surface area contributed by atoms with Crippen LogP contribution < -0.4 is 5.32 Å². The Kier molecular flexibility index (Phi) is 4.18. The molecule has 16 heavy (non-hydrogen) atoms. The van der Waals surface area contributed by atoms with E-state index in [1.54, 1.807) is 12.1 Å². The molecule has 1 fully saturated rings. The van der Waals surface area contributed by atoms with E-state index in [0.717, 1.165) is 18.2 Å². The zero-order valence-corrected chi connectivity index (χ0v) is 9.83. The monoisotopic (exact) mass is 243 g/mol. The number of thioether (sulfide) groups is 1. The third kappa shape index (κ3) is 2.95. The lowest BCUT2D eigenvalue weighted by Crippen LogP contribution is -2.33. The van der Waals surface area contributed by atoms with Crippen molar-refractivity contribution in [3.05, 3.63) is 35.4 Å². The molecule has 1 atom stereocenters. The van der Waals surface area contributed by atoms with Crippen molar-refractivity contribution in [2.24, 2.45) is 0 Å². The van der Waals surface area contributed by atoms with Gasteiger partial charge in [0.05, 0.1) is 0 Å². The SMILES string of the molecule is Fc1cccc(CNC2CCCSC2)c1F. The van der Waals surface area contributed by atoms with E-state index in [9.17, 15) is 8.78 Å². The van der Waals surface area contributed by atoms with Crippen molar-refractivity contribution in [2.75, 3.05) is 11.5 Å². The summed E-state index contributed by atoms with van der Waals surface area (Å²) in [6.07, 6.45) is 2.33. The molecule has 1 aromatic carbocycles. The Hall–Kier alpha value is -0.610. The Morgan fingerprint density at radius 3 is 3.00 bits per heavy atom. The van der Waals surface area contributed by atoms with Crippen LogP contribution in [0.15, 0.2) is 18.2 Å². The maximum absolute atomic E-state index is 13.3. The molecule has 2 rings (SSSR count). The van der Waals surface area contributed by atoms with Gasteiger partial charge in [0.2, 0.25) is 0 Å². The van der Waals surface area contributed by atoms with Crippen LogP contribution in [0.5, 0.6) is 0 Å². The molecule has 1 unspecified atom stereocenters. The molecule has 1 aliphatic heterocycles. The molecule has 0 radical (unpaired) electrons. The van der Waals surface area contributed by atoms with Gasteiger partial charge in [-0.05, 0) is 24.7 Å². The number of rotatable bonds is 3. The molecule has 0 aliphatic carbocycles. The van der Waals surface area contributed by atoms with E-state index in [2.05, 4.69) is 5.32 Å². The molecule has 1 nitrogen and oxygen atoms in total. The van der Waals surface area contributed by atoms with Gasteiger partial charge in [-0.15, -0.1) is 0 Å². The Morgan fingerprint density at radius 2 is 2.25 bits per heavy atom. The zero-order valence-electron chi connectivity index (χ0n) is 9.01. The Balaban J connectivity index is 1.91. The van der Waals surface area contributed by atoms with Crippen molar-refractivity contribution in [1.82, 2.24) is 5.32 Å². The van der Waals surface area contributed by atoms with Gasteiger partial charge in [0.15, 0.2) is 11.6 Å². The maximum Gasteiger partial charge on any atom is 0.163 e. The van der Waals surface area contributed by atoms with E-state index in [1.165, 1.54) is 12.2 Å². The van der Waals surface area contributed by atoms with Crippen LogP contribution in [0, 0.1) is 11.6 Å². The molecule has 1 N–H and O–H groups in total. The fraction of sp³-hybridized carbons (Fsp3) is 0.500. The molecule has 0 spiro atoms. The molecule has 88 valence electrons. The van der Waals surface area contributed by atoms with Crippen LogP contribution in [-0.4, -0.2) is 17.5 Å². The van der Waals surface area contributed by atoms with Gasteiger partial charge in [-0.25, -0.2) is 8.78 Å². The van der Waals surface area contributed by atoms with E-state index in [0.29, 0.717) is 18.2 Å². The average Bonchev–Trinajstić information content (AvgIpc) is 2.32. The minimum atomic E-state index is -0.766. The second-order valence-electron chi connectivity index (χ2n) is 4.01. The molecule has 1 saturated heterocycles. The van der Waals surface area contributed by atoms with Crippen LogP contribution in [-0.2, 0) is 6.54 Å². The minimum absolute atomic E-state index is 0.412. The first kappa shape index (κ1) is 11.9. The third-order valence-electron chi connectivity index (χ3n) is 2.77. The second-order valence-corrected chi connectivity index (χ2v) is 5.16. The van der Waals surface area contributed by atoms with Gasteiger partial charge in [0.25, 0.3) is 0 Å². The van der Waals surface area contributed by atoms with E-state index in [-0.39, 0.29) is 0 Å². The molecule has 1 heterocycles. The lowest BCUT2D eigenvalue weighted by atomic mass is 10.1. The highest BCUT2D eigenvalue weighted by atomic mass is 32.2. The summed E-state index contributed by atoms with van der Waals surface area (Å²) in [6.45, 7) is 0.412. The van der Waals surface area contributed by atoms with Crippen molar-refractivity contribution in [2.45, 2.75) is 25.4 Å². The van der Waals surface area contributed by atoms with Gasteiger partial charge >= 0.3 is 0 Å². The van der Waals surface area contributed by atoms with Gasteiger partial charge in [-0.2, -0.15) is 11.8 Å². The average molecular weight is 243 g/mol. The topological polar surface area (TPSA) is 12.0 Å². The van der Waals surface area contributed by atoms with Gasteiger partial charge in [-0.3, -0.25) is 0 Å². The third-order valence-corrected chi connectivity index (χ3v) is 3.99. The van der Waals surface area contributed by atoms with Gasteiger partial charge in [-0.1, -0.05) is 12.1 Å². The van der Waals surface area contributed by atoms with Crippen LogP contribution in [0.3, 0.4) is 0 Å². The first-order valence-corrected chi connectivity index (χ1v) is 6.67. The van der Waals surface area contributed by atoms with Crippen LogP contribution in [0.1, 0.15) is 18.4 Å². The number of nitrogens with one attached hydrogen (secondary N) is 1. The Bertz CT molecular complexity index is 351. The predicted octanol–water partition coefficient (Wildman–Crippen LogP) is 2.95. The number of benzene rings is 1. The Labute approximate surface area is 98.6 Å². The minimum Gasteiger partial charge on any atom is -0.309 e. The zero-order chi connectivity index (χ0) is 11.4. The summed E-state index contributed by atoms with van der Waals surface area (Å²) in [5, 5.41) is 3.28. The maximum atomic E-state index is 13.3. The summed E-state index contributed by atoms with van der Waals surface area (Å²) in [5.74, 6) is 0.791. The van der Waals surface area contributed by atoms with Crippen molar-refractivity contribution in [1.29, 1.82) is 0 Å². The van der Waals surface area contributed by atoms with Crippen molar-refractivity contribution in [3.8, 4) is 0 Å². The van der Waals surface area contributed by atoms with Crippen molar-refractivity contribution >= 4 is 11.8 Å². The highest BCUT2D eigenvalue weighted by Gasteiger charge is 2.14. The van der Waals surface area contributed by atoms with Gasteiger partial charge in [0, 0.05) is 23.9 Å². The number of halogens is 2. The molecule has 1 aliphatic rings. The molecule has 0 saturated carbocycles. The van der Waals surface area contributed by atoms with Crippen LogP contribution >= 0.6 is 11.8 Å². The highest BCUT2D eigenvalue weighted by molar-refractivity contribution is 7.99. The fourth-order valence-electron chi connectivity index (χ4n) is 1.84. The van der Waals surface area contributed by atoms with Crippen molar-refractivity contribution in [3.63, 3.8) is 0 Å². The largest absolute Gasteiger partial charge is 0.309 e. The van der Waals surface area contributed by atoms with Gasteiger partial charge < -0.3 is 5.32 Å². The van der Waals surface area contributed by atoms with E-state index < -0.39 is 11.6 Å². The summed E-state index contributed by atoms with van der Waals surface area (Å²) in [6, 6.07) is 4.75. The summed E-state index contributed by atoms with van der Waals surface area (Å²) in [4.78, 5) is 0. The fourth-order valence-corrected chi connectivity index (χ4v) is 2.95. The summed E-state index contributed by atoms with van der Waals surface area (Å²) in [5.41, 5.74) is 0.413. The predicted molar refractivity (Wildman–Crippen MR) is 63.5 cm³/mol. The normalized spacial score (nSPS) is 21.0. The van der Waals surface area contributed by atoms with E-state index in [4.69, 9.17) is 0 Å². The molecule has 0 amide bonds. The van der Waals surface area contributed by atoms with E-state index in [1.807, 2.05) is 11.8 Å². The first-order chi connectivity index (χ1) is 7.77. The molecular weight excluding hydrogens is 228 g/mol. The molecule has 0 aromatic heterocycles. The molecule has 1 aromatic rings. The number of hydrogen-bond donors (Lipinski definition) is 1. The quantitative estimate of drug-likeness (QED) is 0.876. The smallest absolute Gasteiger partial charge is 0.163 e. The summed E-state index contributed by atoms with van der Waals surface area (Å²) < 4.78 is 26.3. The van der Waals surface area contributed by atoms with Crippen molar-refractivity contribution < 1.29 is 8.78 Å². The van der Waals surface area contributed by atoms with Crippen LogP contribution in [0.2, 0.25) is 0 Å². The van der Waals surface area contributed by atoms with Crippen LogP contribution in [0.25, 0.3) is 0 Å². The van der Waals surface area contributed by atoms with E-state index >= 15 is 0 Å². The molecular formula is C12H15F2NS. The Morgan fingerprint density at radius 1 is 1.38 bits per heavy atom. The lowest BCUT2D eigenvalue weighted by Gasteiger charge is -2.22. The lowest BCUT2D eigenvalue weighted by molar-refractivity contribution is 0.471. The number of hydrogen-bond acceptors (Lipinski definition) is 2. The second kappa shape index (κ2) is 5.64. The van der Waals surface area contributed by atoms with Gasteiger partial charge in [0.1, 0.15) is 0 Å². The first-order valence-electron chi connectivity index (χ1n) is 5.51.